The van der Waals surface area contributed by atoms with Gasteiger partial charge in [-0.05, 0) is 29.0 Å². The molecule has 0 atom stereocenters. The van der Waals surface area contributed by atoms with E-state index in [1.54, 1.807) is 10.9 Å². The average molecular weight is 435 g/mol. The Morgan fingerprint density at radius 2 is 1.94 bits per heavy atom. The normalized spacial score (nSPS) is 11.2. The number of benzene rings is 3. The van der Waals surface area contributed by atoms with Crippen LogP contribution in [-0.2, 0) is 20.0 Å². The Morgan fingerprint density at radius 3 is 2.70 bits per heavy atom. The van der Waals surface area contributed by atoms with Gasteiger partial charge in [0.2, 0.25) is 0 Å². The summed E-state index contributed by atoms with van der Waals surface area (Å²) in [6.07, 6.45) is 2.48. The van der Waals surface area contributed by atoms with E-state index in [0.29, 0.717) is 23.1 Å². The van der Waals surface area contributed by atoms with E-state index < -0.39 is 0 Å². The van der Waals surface area contributed by atoms with Gasteiger partial charge in [-0.1, -0.05) is 49.4 Å². The largest absolute Gasteiger partial charge is 0.325 e. The summed E-state index contributed by atoms with van der Waals surface area (Å²) in [5.74, 6) is 0. The maximum Gasteiger partial charge on any atom is 0.272 e. The Balaban J connectivity index is 1.83. The first-order valence-corrected chi connectivity index (χ1v) is 10.8. The van der Waals surface area contributed by atoms with E-state index in [2.05, 4.69) is 21.4 Å². The molecule has 2 heterocycles. The van der Waals surface area contributed by atoms with Crippen LogP contribution in [0.5, 0.6) is 0 Å². The molecule has 0 fully saturated rings. The van der Waals surface area contributed by atoms with Gasteiger partial charge in [0.15, 0.2) is 0 Å². The number of fused-ring (bicyclic) bond motifs is 2. The van der Waals surface area contributed by atoms with Crippen molar-refractivity contribution < 1.29 is 0 Å². The second kappa shape index (κ2) is 8.01. The maximum absolute atomic E-state index is 12.6. The molecule has 5 rings (SSSR count). The predicted octanol–water partition coefficient (Wildman–Crippen LogP) is 4.04. The Morgan fingerprint density at radius 1 is 1.12 bits per heavy atom. The molecular formula is C26H22N6O. The molecule has 0 aliphatic carbocycles. The number of aryl methyl sites for hydroxylation is 2. The Kier molecular flexibility index (Phi) is 5.00. The second-order valence-electron chi connectivity index (χ2n) is 7.97. The molecule has 0 aliphatic heterocycles. The molecule has 0 radical (unpaired) electrons. The van der Waals surface area contributed by atoms with Crippen LogP contribution in [0.4, 0.5) is 0 Å². The molecule has 162 valence electrons. The number of hydrogen-bond acceptors (Lipinski definition) is 5. The first-order valence-electron chi connectivity index (χ1n) is 10.8. The fraction of sp³-hybridized carbons (Fsp3) is 0.154. The molecule has 3 aromatic carbocycles. The summed E-state index contributed by atoms with van der Waals surface area (Å²) in [6.45, 7) is 2.23. The van der Waals surface area contributed by atoms with Crippen molar-refractivity contribution in [3.8, 4) is 28.5 Å². The Hall–Kier alpha value is -4.28. The van der Waals surface area contributed by atoms with Crippen LogP contribution in [0.1, 0.15) is 23.7 Å². The lowest BCUT2D eigenvalue weighted by Gasteiger charge is -2.13. The third-order valence-electron chi connectivity index (χ3n) is 6.17. The molecule has 0 unspecified atom stereocenters. The van der Waals surface area contributed by atoms with Crippen LogP contribution in [-0.4, -0.2) is 20.0 Å². The van der Waals surface area contributed by atoms with Gasteiger partial charge in [-0.2, -0.15) is 15.5 Å². The van der Waals surface area contributed by atoms with Gasteiger partial charge in [-0.25, -0.2) is 5.10 Å². The van der Waals surface area contributed by atoms with Crippen LogP contribution in [0.2, 0.25) is 0 Å². The molecule has 0 saturated heterocycles. The van der Waals surface area contributed by atoms with Crippen molar-refractivity contribution in [2.24, 2.45) is 12.8 Å². The zero-order chi connectivity index (χ0) is 23.1. The highest BCUT2D eigenvalue weighted by atomic mass is 16.1. The first-order chi connectivity index (χ1) is 16.1. The van der Waals surface area contributed by atoms with Gasteiger partial charge in [0, 0.05) is 35.5 Å². The SMILES string of the molecule is CCc1cc(-c2cnn(C)c2-c2ccc3ccccc3c2C#N)cc2c(CN)n[nH]c(=O)c12. The summed E-state index contributed by atoms with van der Waals surface area (Å²) in [6, 6.07) is 18.2. The molecule has 5 aromatic rings. The topological polar surface area (TPSA) is 113 Å². The number of nitriles is 1. The van der Waals surface area contributed by atoms with Gasteiger partial charge in [0.05, 0.1) is 28.5 Å². The maximum atomic E-state index is 12.6. The minimum atomic E-state index is -0.224. The summed E-state index contributed by atoms with van der Waals surface area (Å²) in [5, 5.41) is 24.6. The fourth-order valence-electron chi connectivity index (χ4n) is 4.58. The van der Waals surface area contributed by atoms with E-state index >= 15 is 0 Å². The lowest BCUT2D eigenvalue weighted by Crippen LogP contribution is -2.15. The highest BCUT2D eigenvalue weighted by Gasteiger charge is 2.20. The average Bonchev–Trinajstić information content (AvgIpc) is 3.23. The van der Waals surface area contributed by atoms with Crippen molar-refractivity contribution in [1.82, 2.24) is 20.0 Å². The highest BCUT2D eigenvalue weighted by Crippen LogP contribution is 2.38. The summed E-state index contributed by atoms with van der Waals surface area (Å²) >= 11 is 0. The second-order valence-corrected chi connectivity index (χ2v) is 7.97. The van der Waals surface area contributed by atoms with Crippen molar-refractivity contribution in [3.63, 3.8) is 0 Å². The van der Waals surface area contributed by atoms with Crippen molar-refractivity contribution in [1.29, 1.82) is 5.26 Å². The standard InChI is InChI=1S/C26H22N6O/c1-3-15-10-17(11-20-23(13-28)30-31-26(33)24(15)20)22-14-29-32(2)25(22)19-9-8-16-6-4-5-7-18(16)21(19)12-27/h4-11,14H,3,13,28H2,1-2H3,(H,31,33). The number of H-pyrrole nitrogens is 1. The molecule has 33 heavy (non-hydrogen) atoms. The predicted molar refractivity (Wildman–Crippen MR) is 129 cm³/mol. The zero-order valence-electron chi connectivity index (χ0n) is 18.4. The lowest BCUT2D eigenvalue weighted by atomic mass is 9.92. The van der Waals surface area contributed by atoms with Crippen molar-refractivity contribution in [2.75, 3.05) is 0 Å². The first kappa shape index (κ1) is 20.6. The monoisotopic (exact) mass is 434 g/mol. The van der Waals surface area contributed by atoms with E-state index in [0.717, 1.165) is 44.1 Å². The van der Waals surface area contributed by atoms with Gasteiger partial charge >= 0.3 is 0 Å². The molecule has 3 N–H and O–H groups in total. The molecule has 7 heteroatoms. The molecule has 2 aromatic heterocycles. The van der Waals surface area contributed by atoms with E-state index in [1.807, 2.05) is 62.5 Å². The smallest absolute Gasteiger partial charge is 0.272 e. The lowest BCUT2D eigenvalue weighted by molar-refractivity contribution is 0.776. The van der Waals surface area contributed by atoms with E-state index in [-0.39, 0.29) is 12.1 Å². The van der Waals surface area contributed by atoms with Crippen molar-refractivity contribution >= 4 is 21.5 Å². The van der Waals surface area contributed by atoms with Gasteiger partial charge < -0.3 is 5.73 Å². The summed E-state index contributed by atoms with van der Waals surface area (Å²) in [4.78, 5) is 12.6. The fourth-order valence-corrected chi connectivity index (χ4v) is 4.58. The van der Waals surface area contributed by atoms with Gasteiger partial charge in [0.25, 0.3) is 5.56 Å². The minimum Gasteiger partial charge on any atom is -0.325 e. The van der Waals surface area contributed by atoms with Crippen LogP contribution in [0.25, 0.3) is 43.9 Å². The molecular weight excluding hydrogens is 412 g/mol. The van der Waals surface area contributed by atoms with Crippen LogP contribution in [0.15, 0.2) is 59.5 Å². The number of aromatic nitrogens is 4. The zero-order valence-corrected chi connectivity index (χ0v) is 18.4. The van der Waals surface area contributed by atoms with Crippen LogP contribution >= 0.6 is 0 Å². The van der Waals surface area contributed by atoms with E-state index in [1.165, 1.54) is 0 Å². The van der Waals surface area contributed by atoms with E-state index in [9.17, 15) is 10.1 Å². The quantitative estimate of drug-likeness (QED) is 0.443. The van der Waals surface area contributed by atoms with Crippen LogP contribution in [0.3, 0.4) is 0 Å². The van der Waals surface area contributed by atoms with Crippen LogP contribution < -0.4 is 11.3 Å². The van der Waals surface area contributed by atoms with E-state index in [4.69, 9.17) is 5.73 Å². The Bertz CT molecular complexity index is 1640. The summed E-state index contributed by atoms with van der Waals surface area (Å²) in [5.41, 5.74) is 11.3. The number of rotatable bonds is 4. The summed E-state index contributed by atoms with van der Waals surface area (Å²) < 4.78 is 1.79. The molecule has 0 bridgehead atoms. The number of nitrogens with zero attached hydrogens (tertiary/aromatic N) is 4. The molecule has 0 saturated carbocycles. The molecule has 0 spiro atoms. The molecule has 0 amide bonds. The summed E-state index contributed by atoms with van der Waals surface area (Å²) in [7, 11) is 1.87. The molecule has 7 nitrogen and oxygen atoms in total. The van der Waals surface area contributed by atoms with Gasteiger partial charge in [-0.3, -0.25) is 9.48 Å². The third-order valence-corrected chi connectivity index (χ3v) is 6.17. The minimum absolute atomic E-state index is 0.211. The Labute approximate surface area is 190 Å². The number of nitrogens with two attached hydrogens (primary N) is 1. The number of nitrogens with one attached hydrogen (secondary N) is 1. The van der Waals surface area contributed by atoms with Crippen molar-refractivity contribution in [3.05, 3.63) is 81.9 Å². The van der Waals surface area contributed by atoms with Crippen molar-refractivity contribution in [2.45, 2.75) is 19.9 Å². The highest BCUT2D eigenvalue weighted by molar-refractivity contribution is 5.98. The number of aromatic amines is 1. The number of hydrogen-bond donors (Lipinski definition) is 2. The van der Waals surface area contributed by atoms with Gasteiger partial charge in [0.1, 0.15) is 6.07 Å². The van der Waals surface area contributed by atoms with Gasteiger partial charge in [-0.15, -0.1) is 0 Å². The van der Waals surface area contributed by atoms with Crippen LogP contribution in [0, 0.1) is 11.3 Å². The third kappa shape index (κ3) is 3.20. The molecule has 0 aliphatic rings.